The quantitative estimate of drug-likeness (QED) is 0.419. The second-order valence-corrected chi connectivity index (χ2v) is 1.15. The maximum atomic E-state index is 9.13. The van der Waals surface area contributed by atoms with Gasteiger partial charge >= 0.3 is 59.1 Å². The van der Waals surface area contributed by atoms with Crippen LogP contribution in [0.4, 0.5) is 0 Å². The minimum absolute atomic E-state index is 0. The molecule has 4 N–H and O–H groups in total. The molecule has 0 atom stereocenters. The average molecular weight is 194 g/mol. The minimum Gasteiger partial charge on any atom is -0.549 e. The largest absolute Gasteiger partial charge is 1.00 e. The number of hydrogen-bond acceptors (Lipinski definition) is 6. The number of hydrogen-bond donors (Lipinski definition) is 2. The fraction of sp³-hybridized carbons (Fsp3) is 0.500. The predicted molar refractivity (Wildman–Crippen MR) is 28.1 cm³/mol. The van der Waals surface area contributed by atoms with Gasteiger partial charge in [0.2, 0.25) is 0 Å². The van der Waals surface area contributed by atoms with Crippen LogP contribution < -0.4 is 80.8 Å². The standard InChI is InChI=1S/2C2H5NO2.2Na/c2*3-1-2(4)5;;/h2*1,3H2,(H,4,5);;/q;;2*+1/p-2. The minimum atomic E-state index is -1.22. The van der Waals surface area contributed by atoms with Crippen LogP contribution in [0.25, 0.3) is 0 Å². The number of carbonyl (C=O) groups is 2. The molecule has 60 valence electrons. The Bertz CT molecular complexity index is 108. The Kier molecular flexibility index (Phi) is 34.2. The fourth-order valence-corrected chi connectivity index (χ4v) is 0. The first-order valence-electron chi connectivity index (χ1n) is 2.34. The van der Waals surface area contributed by atoms with E-state index >= 15 is 0 Å². The van der Waals surface area contributed by atoms with Crippen molar-refractivity contribution < 1.29 is 78.9 Å². The number of carbonyl (C=O) groups excluding carboxylic acids is 2. The van der Waals surface area contributed by atoms with Crippen LogP contribution >= 0.6 is 0 Å². The van der Waals surface area contributed by atoms with Crippen LogP contribution in [0.15, 0.2) is 0 Å². The van der Waals surface area contributed by atoms with Gasteiger partial charge in [-0.2, -0.15) is 0 Å². The van der Waals surface area contributed by atoms with Gasteiger partial charge in [0.05, 0.1) is 11.9 Å². The van der Waals surface area contributed by atoms with Gasteiger partial charge in [-0.05, 0) is 0 Å². The molecule has 0 spiro atoms. The van der Waals surface area contributed by atoms with Gasteiger partial charge in [0.15, 0.2) is 0 Å². The molecule has 0 aromatic rings. The number of rotatable bonds is 2. The zero-order valence-corrected chi connectivity index (χ0v) is 11.2. The summed E-state index contributed by atoms with van der Waals surface area (Å²) in [6.45, 7) is -0.778. The zero-order chi connectivity index (χ0) is 8.57. The number of aliphatic carboxylic acids is 2. The van der Waals surface area contributed by atoms with Gasteiger partial charge in [-0.1, -0.05) is 0 Å². The monoisotopic (exact) mass is 194 g/mol. The third-order valence-corrected chi connectivity index (χ3v) is 0.333. The Morgan fingerprint density at radius 3 is 1.00 bits per heavy atom. The summed E-state index contributed by atoms with van der Waals surface area (Å²) in [6, 6.07) is 0. The molecule has 12 heavy (non-hydrogen) atoms. The average Bonchev–Trinajstić information content (AvgIpc) is 1.89. The number of carboxylic acid groups (broad SMARTS) is 2. The van der Waals surface area contributed by atoms with Gasteiger partial charge in [0.25, 0.3) is 0 Å². The number of carboxylic acids is 2. The van der Waals surface area contributed by atoms with E-state index in [1.54, 1.807) is 0 Å². The van der Waals surface area contributed by atoms with E-state index in [9.17, 15) is 0 Å². The van der Waals surface area contributed by atoms with Crippen molar-refractivity contribution in [2.45, 2.75) is 0 Å². The van der Waals surface area contributed by atoms with E-state index < -0.39 is 11.9 Å². The van der Waals surface area contributed by atoms with Crippen LogP contribution in [0.1, 0.15) is 0 Å². The van der Waals surface area contributed by atoms with Crippen molar-refractivity contribution in [1.82, 2.24) is 0 Å². The zero-order valence-electron chi connectivity index (χ0n) is 7.20. The van der Waals surface area contributed by atoms with Crippen molar-refractivity contribution in [2.75, 3.05) is 13.1 Å². The fourth-order valence-electron chi connectivity index (χ4n) is 0. The normalized spacial score (nSPS) is 6.17. The Morgan fingerprint density at radius 1 is 0.917 bits per heavy atom. The Labute approximate surface area is 114 Å². The Hall–Kier alpha value is 0.860. The molecule has 0 unspecified atom stereocenters. The summed E-state index contributed by atoms with van der Waals surface area (Å²) in [5, 5.41) is 18.3. The van der Waals surface area contributed by atoms with Gasteiger partial charge in [-0.15, -0.1) is 0 Å². The van der Waals surface area contributed by atoms with Crippen molar-refractivity contribution in [1.29, 1.82) is 0 Å². The summed E-state index contributed by atoms with van der Waals surface area (Å²) in [7, 11) is 0. The van der Waals surface area contributed by atoms with Crippen molar-refractivity contribution in [3.05, 3.63) is 0 Å². The van der Waals surface area contributed by atoms with Crippen LogP contribution in [0, 0.1) is 0 Å². The van der Waals surface area contributed by atoms with Crippen LogP contribution in [-0.4, -0.2) is 25.0 Å². The van der Waals surface area contributed by atoms with Crippen LogP contribution in [-0.2, 0) is 9.59 Å². The van der Waals surface area contributed by atoms with E-state index in [0.29, 0.717) is 0 Å². The molecule has 0 aliphatic heterocycles. The van der Waals surface area contributed by atoms with Crippen molar-refractivity contribution in [3.8, 4) is 0 Å². The maximum absolute atomic E-state index is 9.13. The third kappa shape index (κ3) is 44.7. The number of nitrogens with two attached hydrogens (primary N) is 2. The molecule has 0 aromatic heterocycles. The first kappa shape index (κ1) is 23.0. The van der Waals surface area contributed by atoms with E-state index in [4.69, 9.17) is 19.8 Å². The summed E-state index contributed by atoms with van der Waals surface area (Å²) in [5.41, 5.74) is 9.02. The molecular formula is C4H8N2Na2O4. The summed E-state index contributed by atoms with van der Waals surface area (Å²) in [6.07, 6.45) is 0. The van der Waals surface area contributed by atoms with Crippen molar-refractivity contribution in [2.24, 2.45) is 11.5 Å². The van der Waals surface area contributed by atoms with Gasteiger partial charge in [-0.25, -0.2) is 0 Å². The topological polar surface area (TPSA) is 132 Å². The molecule has 0 aliphatic carbocycles. The van der Waals surface area contributed by atoms with E-state index in [-0.39, 0.29) is 72.2 Å². The third-order valence-electron chi connectivity index (χ3n) is 0.333. The molecule has 0 fully saturated rings. The maximum Gasteiger partial charge on any atom is 1.00 e. The van der Waals surface area contributed by atoms with Crippen LogP contribution in [0.3, 0.4) is 0 Å². The van der Waals surface area contributed by atoms with E-state index in [0.717, 1.165) is 0 Å². The van der Waals surface area contributed by atoms with Crippen LogP contribution in [0.2, 0.25) is 0 Å². The molecule has 6 nitrogen and oxygen atoms in total. The van der Waals surface area contributed by atoms with E-state index in [1.807, 2.05) is 0 Å². The first-order chi connectivity index (χ1) is 4.54. The molecule has 0 bridgehead atoms. The smallest absolute Gasteiger partial charge is 0.549 e. The van der Waals surface area contributed by atoms with Gasteiger partial charge in [-0.3, -0.25) is 0 Å². The molecule has 0 aliphatic rings. The molecule has 0 aromatic carbocycles. The molecule has 0 heterocycles. The summed E-state index contributed by atoms with van der Waals surface area (Å²) in [4.78, 5) is 18.3. The molecule has 0 saturated heterocycles. The molecule has 0 amide bonds. The Balaban J connectivity index is -0.0000000457. The van der Waals surface area contributed by atoms with Crippen molar-refractivity contribution in [3.63, 3.8) is 0 Å². The summed E-state index contributed by atoms with van der Waals surface area (Å²) >= 11 is 0. The summed E-state index contributed by atoms with van der Waals surface area (Å²) < 4.78 is 0. The van der Waals surface area contributed by atoms with Gasteiger partial charge < -0.3 is 31.3 Å². The molecule has 8 heteroatoms. The second-order valence-electron chi connectivity index (χ2n) is 1.15. The van der Waals surface area contributed by atoms with E-state index in [2.05, 4.69) is 11.5 Å². The van der Waals surface area contributed by atoms with E-state index in [1.165, 1.54) is 0 Å². The molecule has 0 saturated carbocycles. The van der Waals surface area contributed by atoms with Gasteiger partial charge in [0, 0.05) is 13.1 Å². The molecule has 0 rings (SSSR count). The Morgan fingerprint density at radius 2 is 1.00 bits per heavy atom. The van der Waals surface area contributed by atoms with Crippen molar-refractivity contribution >= 4 is 11.9 Å². The molecule has 0 radical (unpaired) electrons. The second kappa shape index (κ2) is 17.8. The SMILES string of the molecule is NCC(=O)[O-].NCC(=O)[O-].[Na+].[Na+]. The van der Waals surface area contributed by atoms with Gasteiger partial charge in [0.1, 0.15) is 0 Å². The summed E-state index contributed by atoms with van der Waals surface area (Å²) in [5.74, 6) is -2.44. The van der Waals surface area contributed by atoms with Crippen LogP contribution in [0.5, 0.6) is 0 Å². The first-order valence-corrected chi connectivity index (χ1v) is 2.34. The molecular weight excluding hydrogens is 186 g/mol. The predicted octanol–water partition coefficient (Wildman–Crippen LogP) is -10.6.